The Bertz CT molecular complexity index is 1050. The van der Waals surface area contributed by atoms with Crippen molar-refractivity contribution in [1.82, 2.24) is 0 Å². The van der Waals surface area contributed by atoms with Crippen LogP contribution in [-0.2, 0) is 11.4 Å². The first kappa shape index (κ1) is 18.6. The van der Waals surface area contributed by atoms with Crippen molar-refractivity contribution in [2.45, 2.75) is 18.9 Å². The minimum atomic E-state index is 0.290. The first-order valence-corrected chi connectivity index (χ1v) is 10.1. The number of methoxy groups -OCH3 is 1. The molecular formula is C25H23NO4. The van der Waals surface area contributed by atoms with Crippen LogP contribution in [-0.4, -0.2) is 19.6 Å². The summed E-state index contributed by atoms with van der Waals surface area (Å²) in [5, 5.41) is 4.57. The van der Waals surface area contributed by atoms with Crippen molar-refractivity contribution in [2.75, 3.05) is 13.9 Å². The highest BCUT2D eigenvalue weighted by molar-refractivity contribution is 6.04. The van der Waals surface area contributed by atoms with Crippen LogP contribution >= 0.6 is 0 Å². The molecule has 2 atom stereocenters. The second kappa shape index (κ2) is 8.11. The van der Waals surface area contributed by atoms with Crippen LogP contribution in [0.25, 0.3) is 0 Å². The highest BCUT2D eigenvalue weighted by atomic mass is 16.7. The standard InChI is InChI=1S/C25H23NO4/c1-27-20-10-7-18(8-11-20)25(26-30-15-17-5-3-2-4-6-17)22-14-21(22)19-9-12-23-24(13-19)29-16-28-23/h2-13,21-22H,14-16H2,1H3/b26-25-/t21-,22+/m0/s1. The van der Waals surface area contributed by atoms with Crippen LogP contribution < -0.4 is 14.2 Å². The number of benzene rings is 3. The third kappa shape index (κ3) is 3.83. The number of hydrogen-bond donors (Lipinski definition) is 0. The van der Waals surface area contributed by atoms with Gasteiger partial charge in [-0.05, 0) is 65.4 Å². The number of hydrogen-bond acceptors (Lipinski definition) is 5. The molecule has 0 saturated heterocycles. The van der Waals surface area contributed by atoms with Crippen molar-refractivity contribution in [1.29, 1.82) is 0 Å². The van der Waals surface area contributed by atoms with Crippen LogP contribution in [0.1, 0.15) is 29.0 Å². The molecule has 5 nitrogen and oxygen atoms in total. The van der Waals surface area contributed by atoms with E-state index in [9.17, 15) is 0 Å². The molecule has 1 aliphatic heterocycles. The topological polar surface area (TPSA) is 49.3 Å². The molecule has 0 radical (unpaired) electrons. The molecule has 1 heterocycles. The number of rotatable bonds is 7. The molecule has 152 valence electrons. The predicted octanol–water partition coefficient (Wildman–Crippen LogP) is 5.15. The van der Waals surface area contributed by atoms with Gasteiger partial charge in [-0.2, -0.15) is 0 Å². The van der Waals surface area contributed by atoms with Crippen LogP contribution in [0.15, 0.2) is 78.0 Å². The third-order valence-corrected chi connectivity index (χ3v) is 5.59. The largest absolute Gasteiger partial charge is 0.497 e. The van der Waals surface area contributed by atoms with E-state index in [1.165, 1.54) is 5.56 Å². The molecule has 30 heavy (non-hydrogen) atoms. The summed E-state index contributed by atoms with van der Waals surface area (Å²) < 4.78 is 16.3. The van der Waals surface area contributed by atoms with Gasteiger partial charge in [-0.15, -0.1) is 0 Å². The quantitative estimate of drug-likeness (QED) is 0.406. The first-order valence-electron chi connectivity index (χ1n) is 10.1. The summed E-state index contributed by atoms with van der Waals surface area (Å²) in [6.07, 6.45) is 1.03. The van der Waals surface area contributed by atoms with E-state index in [2.05, 4.69) is 17.3 Å². The summed E-state index contributed by atoms with van der Waals surface area (Å²) in [5.41, 5.74) is 4.36. The molecule has 0 bridgehead atoms. The molecule has 5 rings (SSSR count). The fraction of sp³-hybridized carbons (Fsp3) is 0.240. The zero-order chi connectivity index (χ0) is 20.3. The lowest BCUT2D eigenvalue weighted by Gasteiger charge is -2.09. The van der Waals surface area contributed by atoms with Crippen LogP contribution in [0.2, 0.25) is 0 Å². The van der Waals surface area contributed by atoms with Crippen LogP contribution in [0.3, 0.4) is 0 Å². The second-order valence-corrected chi connectivity index (χ2v) is 7.53. The maximum Gasteiger partial charge on any atom is 0.231 e. The Morgan fingerprint density at radius 1 is 0.967 bits per heavy atom. The molecule has 5 heteroatoms. The average Bonchev–Trinajstić information content (AvgIpc) is 3.45. The molecule has 0 spiro atoms. The van der Waals surface area contributed by atoms with Crippen molar-refractivity contribution in [3.63, 3.8) is 0 Å². The second-order valence-electron chi connectivity index (χ2n) is 7.53. The monoisotopic (exact) mass is 401 g/mol. The van der Waals surface area contributed by atoms with Gasteiger partial charge in [0.1, 0.15) is 12.4 Å². The first-order chi connectivity index (χ1) is 14.8. The molecule has 0 amide bonds. The van der Waals surface area contributed by atoms with E-state index in [0.29, 0.717) is 25.2 Å². The van der Waals surface area contributed by atoms with E-state index in [4.69, 9.17) is 19.0 Å². The fourth-order valence-corrected chi connectivity index (χ4v) is 3.86. The smallest absolute Gasteiger partial charge is 0.231 e. The van der Waals surface area contributed by atoms with Crippen molar-refractivity contribution >= 4 is 5.71 Å². The van der Waals surface area contributed by atoms with E-state index in [-0.39, 0.29) is 0 Å². The minimum absolute atomic E-state index is 0.290. The lowest BCUT2D eigenvalue weighted by atomic mass is 10.0. The van der Waals surface area contributed by atoms with Gasteiger partial charge < -0.3 is 19.0 Å². The zero-order valence-corrected chi connectivity index (χ0v) is 16.8. The van der Waals surface area contributed by atoms with Crippen molar-refractivity contribution in [3.05, 3.63) is 89.5 Å². The molecule has 1 aliphatic carbocycles. The number of oxime groups is 1. The molecule has 1 saturated carbocycles. The van der Waals surface area contributed by atoms with Gasteiger partial charge in [-0.3, -0.25) is 0 Å². The maximum atomic E-state index is 5.76. The van der Waals surface area contributed by atoms with Crippen molar-refractivity contribution in [2.24, 2.45) is 11.1 Å². The Balaban J connectivity index is 1.37. The SMILES string of the molecule is COc1ccc(/C(=N/OCc2ccccc2)[C@@H]2C[C@H]2c2ccc3c(c2)OCO3)cc1. The van der Waals surface area contributed by atoms with Crippen LogP contribution in [0.4, 0.5) is 0 Å². The Morgan fingerprint density at radius 2 is 1.77 bits per heavy atom. The normalized spacial score (nSPS) is 19.4. The Morgan fingerprint density at radius 3 is 2.57 bits per heavy atom. The lowest BCUT2D eigenvalue weighted by molar-refractivity contribution is 0.130. The molecule has 1 fully saturated rings. The van der Waals surface area contributed by atoms with Gasteiger partial charge in [0.25, 0.3) is 0 Å². The van der Waals surface area contributed by atoms with E-state index in [0.717, 1.165) is 40.5 Å². The molecule has 0 N–H and O–H groups in total. The van der Waals surface area contributed by atoms with Gasteiger partial charge in [0.05, 0.1) is 12.8 Å². The highest BCUT2D eigenvalue weighted by Gasteiger charge is 2.43. The Kier molecular flexibility index (Phi) is 5.01. The Hall–Kier alpha value is -3.47. The van der Waals surface area contributed by atoms with Gasteiger partial charge >= 0.3 is 0 Å². The predicted molar refractivity (Wildman–Crippen MR) is 114 cm³/mol. The van der Waals surface area contributed by atoms with E-state index < -0.39 is 0 Å². The van der Waals surface area contributed by atoms with Crippen LogP contribution in [0.5, 0.6) is 17.2 Å². The van der Waals surface area contributed by atoms with E-state index >= 15 is 0 Å². The number of ether oxygens (including phenoxy) is 3. The van der Waals surface area contributed by atoms with E-state index in [1.807, 2.05) is 60.7 Å². The number of fused-ring (bicyclic) bond motifs is 1. The van der Waals surface area contributed by atoms with Gasteiger partial charge in [0.2, 0.25) is 6.79 Å². The van der Waals surface area contributed by atoms with Crippen molar-refractivity contribution < 1.29 is 19.0 Å². The summed E-state index contributed by atoms with van der Waals surface area (Å²) in [5.74, 6) is 3.15. The molecule has 0 aromatic heterocycles. The molecule has 3 aromatic carbocycles. The molecular weight excluding hydrogens is 378 g/mol. The zero-order valence-electron chi connectivity index (χ0n) is 16.8. The van der Waals surface area contributed by atoms with Crippen molar-refractivity contribution in [3.8, 4) is 17.2 Å². The molecule has 0 unspecified atom stereocenters. The average molecular weight is 401 g/mol. The summed E-state index contributed by atoms with van der Waals surface area (Å²) in [6.45, 7) is 0.737. The highest BCUT2D eigenvalue weighted by Crippen LogP contribution is 2.51. The van der Waals surface area contributed by atoms with Gasteiger partial charge in [0, 0.05) is 5.92 Å². The third-order valence-electron chi connectivity index (χ3n) is 5.59. The van der Waals surface area contributed by atoms with Crippen LogP contribution in [0, 0.1) is 5.92 Å². The molecule has 2 aliphatic rings. The number of nitrogens with zero attached hydrogens (tertiary/aromatic N) is 1. The summed E-state index contributed by atoms with van der Waals surface area (Å²) in [6, 6.07) is 24.3. The van der Waals surface area contributed by atoms with Gasteiger partial charge in [-0.1, -0.05) is 41.6 Å². The lowest BCUT2D eigenvalue weighted by Crippen LogP contribution is -2.07. The fourth-order valence-electron chi connectivity index (χ4n) is 3.86. The summed E-state index contributed by atoms with van der Waals surface area (Å²) >= 11 is 0. The summed E-state index contributed by atoms with van der Waals surface area (Å²) in [4.78, 5) is 5.76. The molecule has 3 aromatic rings. The van der Waals surface area contributed by atoms with Gasteiger partial charge in [0.15, 0.2) is 11.5 Å². The summed E-state index contributed by atoms with van der Waals surface area (Å²) in [7, 11) is 1.67. The Labute approximate surface area is 175 Å². The maximum absolute atomic E-state index is 5.76. The van der Waals surface area contributed by atoms with Gasteiger partial charge in [-0.25, -0.2) is 0 Å². The van der Waals surface area contributed by atoms with E-state index in [1.54, 1.807) is 7.11 Å². The minimum Gasteiger partial charge on any atom is -0.497 e.